The number of hydrogen-bond acceptors (Lipinski definition) is 3. The summed E-state index contributed by atoms with van der Waals surface area (Å²) in [5, 5.41) is 9.79. The standard InChI is InChI=1S/C14H11NO3/c1-9(16)12(14(17)18)8-10-6-7-15-13-5-3-2-4-11(10)13/h2-8H,1H3,(H,17,18). The third-order valence-corrected chi connectivity index (χ3v) is 2.59. The molecular weight excluding hydrogens is 230 g/mol. The molecule has 0 aliphatic heterocycles. The number of carbonyl (C=O) groups excluding carboxylic acids is 1. The van der Waals surface area contributed by atoms with Gasteiger partial charge in [-0.1, -0.05) is 18.2 Å². The predicted octanol–water partition coefficient (Wildman–Crippen LogP) is 2.29. The van der Waals surface area contributed by atoms with Crippen LogP contribution in [0.15, 0.2) is 42.1 Å². The number of benzene rings is 1. The predicted molar refractivity (Wildman–Crippen MR) is 68.0 cm³/mol. The third kappa shape index (κ3) is 2.27. The first-order valence-electron chi connectivity index (χ1n) is 5.39. The molecule has 0 saturated heterocycles. The van der Waals surface area contributed by atoms with Crippen molar-refractivity contribution in [1.82, 2.24) is 4.98 Å². The number of ketones is 1. The van der Waals surface area contributed by atoms with Gasteiger partial charge in [0.2, 0.25) is 0 Å². The Labute approximate surface area is 104 Å². The molecule has 1 N–H and O–H groups in total. The highest BCUT2D eigenvalue weighted by atomic mass is 16.4. The fourth-order valence-electron chi connectivity index (χ4n) is 1.71. The molecule has 0 spiro atoms. The Kier molecular flexibility index (Phi) is 3.19. The van der Waals surface area contributed by atoms with Crippen molar-refractivity contribution in [3.63, 3.8) is 0 Å². The van der Waals surface area contributed by atoms with Crippen LogP contribution in [0.5, 0.6) is 0 Å². The first-order chi connectivity index (χ1) is 8.59. The highest BCUT2D eigenvalue weighted by molar-refractivity contribution is 6.19. The molecule has 1 aromatic carbocycles. The van der Waals surface area contributed by atoms with E-state index in [1.807, 2.05) is 24.3 Å². The van der Waals surface area contributed by atoms with E-state index in [0.29, 0.717) is 5.56 Å². The Morgan fingerprint density at radius 3 is 2.61 bits per heavy atom. The van der Waals surface area contributed by atoms with Crippen LogP contribution in [0.1, 0.15) is 12.5 Å². The molecule has 0 aliphatic rings. The van der Waals surface area contributed by atoms with Crippen molar-refractivity contribution >= 4 is 28.7 Å². The molecule has 4 nitrogen and oxygen atoms in total. The van der Waals surface area contributed by atoms with E-state index < -0.39 is 11.8 Å². The largest absolute Gasteiger partial charge is 0.478 e. The van der Waals surface area contributed by atoms with Crippen molar-refractivity contribution in [2.45, 2.75) is 6.92 Å². The Hall–Kier alpha value is -2.49. The molecule has 4 heteroatoms. The van der Waals surface area contributed by atoms with Gasteiger partial charge in [0, 0.05) is 11.6 Å². The van der Waals surface area contributed by atoms with Crippen LogP contribution in [0.3, 0.4) is 0 Å². The van der Waals surface area contributed by atoms with Gasteiger partial charge < -0.3 is 5.11 Å². The van der Waals surface area contributed by atoms with Gasteiger partial charge in [-0.25, -0.2) is 4.79 Å². The minimum atomic E-state index is -1.22. The fraction of sp³-hybridized carbons (Fsp3) is 0.0714. The summed E-state index contributed by atoms with van der Waals surface area (Å²) in [4.78, 5) is 26.4. The first kappa shape index (κ1) is 12.0. The number of para-hydroxylation sites is 1. The normalized spacial score (nSPS) is 11.5. The van der Waals surface area contributed by atoms with E-state index in [9.17, 15) is 9.59 Å². The van der Waals surface area contributed by atoms with Gasteiger partial charge in [0.15, 0.2) is 5.78 Å². The summed E-state index contributed by atoms with van der Waals surface area (Å²) < 4.78 is 0. The number of rotatable bonds is 3. The second kappa shape index (κ2) is 4.79. The Balaban J connectivity index is 2.64. The van der Waals surface area contributed by atoms with Crippen LogP contribution in [0.25, 0.3) is 17.0 Å². The highest BCUT2D eigenvalue weighted by Gasteiger charge is 2.13. The minimum absolute atomic E-state index is 0.230. The molecule has 0 amide bonds. The van der Waals surface area contributed by atoms with E-state index in [4.69, 9.17) is 5.11 Å². The van der Waals surface area contributed by atoms with E-state index >= 15 is 0 Å². The second-order valence-corrected chi connectivity index (χ2v) is 3.84. The molecule has 0 bridgehead atoms. The zero-order chi connectivity index (χ0) is 13.1. The van der Waals surface area contributed by atoms with Gasteiger partial charge in [-0.2, -0.15) is 0 Å². The van der Waals surface area contributed by atoms with E-state index in [0.717, 1.165) is 10.9 Å². The quantitative estimate of drug-likeness (QED) is 0.508. The summed E-state index contributed by atoms with van der Waals surface area (Å²) in [5.74, 6) is -1.69. The number of pyridine rings is 1. The lowest BCUT2D eigenvalue weighted by Crippen LogP contribution is -2.08. The summed E-state index contributed by atoms with van der Waals surface area (Å²) in [5.41, 5.74) is 1.21. The highest BCUT2D eigenvalue weighted by Crippen LogP contribution is 2.19. The average Bonchev–Trinajstić information content (AvgIpc) is 2.35. The van der Waals surface area contributed by atoms with Crippen molar-refractivity contribution in [1.29, 1.82) is 0 Å². The van der Waals surface area contributed by atoms with Gasteiger partial charge in [0.05, 0.1) is 5.52 Å². The molecule has 90 valence electrons. The Bertz CT molecular complexity index is 638. The van der Waals surface area contributed by atoms with Crippen LogP contribution < -0.4 is 0 Å². The van der Waals surface area contributed by atoms with Gasteiger partial charge in [-0.3, -0.25) is 9.78 Å². The Morgan fingerprint density at radius 2 is 1.94 bits per heavy atom. The number of carboxylic acid groups (broad SMARTS) is 1. The molecule has 0 fully saturated rings. The lowest BCUT2D eigenvalue weighted by molar-refractivity contribution is -0.134. The van der Waals surface area contributed by atoms with E-state index in [-0.39, 0.29) is 5.57 Å². The van der Waals surface area contributed by atoms with Crippen LogP contribution in [0.4, 0.5) is 0 Å². The lowest BCUT2D eigenvalue weighted by atomic mass is 10.0. The monoisotopic (exact) mass is 241 g/mol. The van der Waals surface area contributed by atoms with Crippen molar-refractivity contribution in [2.24, 2.45) is 0 Å². The van der Waals surface area contributed by atoms with E-state index in [2.05, 4.69) is 4.98 Å². The molecular formula is C14H11NO3. The van der Waals surface area contributed by atoms with Crippen LogP contribution in [0.2, 0.25) is 0 Å². The van der Waals surface area contributed by atoms with Crippen molar-refractivity contribution in [2.75, 3.05) is 0 Å². The molecule has 1 aromatic heterocycles. The number of hydrogen-bond donors (Lipinski definition) is 1. The number of carboxylic acids is 1. The zero-order valence-electron chi connectivity index (χ0n) is 9.75. The maximum atomic E-state index is 11.3. The average molecular weight is 241 g/mol. The SMILES string of the molecule is CC(=O)C(=Cc1ccnc2ccccc12)C(=O)O. The number of fused-ring (bicyclic) bond motifs is 1. The summed E-state index contributed by atoms with van der Waals surface area (Å²) in [6, 6.07) is 9.06. The number of aromatic nitrogens is 1. The summed E-state index contributed by atoms with van der Waals surface area (Å²) in [6.45, 7) is 1.24. The van der Waals surface area contributed by atoms with E-state index in [1.165, 1.54) is 13.0 Å². The first-order valence-corrected chi connectivity index (χ1v) is 5.39. The molecule has 0 saturated carbocycles. The van der Waals surface area contributed by atoms with Crippen molar-refractivity contribution in [3.8, 4) is 0 Å². The molecule has 1 heterocycles. The fourth-order valence-corrected chi connectivity index (χ4v) is 1.71. The van der Waals surface area contributed by atoms with Crippen molar-refractivity contribution in [3.05, 3.63) is 47.7 Å². The zero-order valence-corrected chi connectivity index (χ0v) is 9.75. The third-order valence-electron chi connectivity index (χ3n) is 2.59. The summed E-state index contributed by atoms with van der Waals surface area (Å²) in [6.07, 6.45) is 2.97. The van der Waals surface area contributed by atoms with Crippen LogP contribution in [-0.4, -0.2) is 21.8 Å². The lowest BCUT2D eigenvalue weighted by Gasteiger charge is -2.02. The molecule has 2 aromatic rings. The number of aliphatic carboxylic acids is 1. The molecule has 0 unspecified atom stereocenters. The number of carbonyl (C=O) groups is 2. The van der Waals surface area contributed by atoms with Crippen LogP contribution in [0, 0.1) is 0 Å². The topological polar surface area (TPSA) is 67.3 Å². The summed E-state index contributed by atoms with van der Waals surface area (Å²) in [7, 11) is 0. The number of Topliss-reactive ketones (excluding diaryl/α,β-unsaturated/α-hetero) is 1. The molecule has 0 radical (unpaired) electrons. The smallest absolute Gasteiger partial charge is 0.339 e. The molecule has 18 heavy (non-hydrogen) atoms. The van der Waals surface area contributed by atoms with Gasteiger partial charge in [-0.05, 0) is 30.7 Å². The molecule has 2 rings (SSSR count). The van der Waals surface area contributed by atoms with Gasteiger partial charge in [0.25, 0.3) is 0 Å². The van der Waals surface area contributed by atoms with Gasteiger partial charge in [0.1, 0.15) is 5.57 Å². The maximum Gasteiger partial charge on any atom is 0.339 e. The van der Waals surface area contributed by atoms with Crippen LogP contribution in [-0.2, 0) is 9.59 Å². The Morgan fingerprint density at radius 1 is 1.22 bits per heavy atom. The molecule has 0 atom stereocenters. The number of nitrogens with zero attached hydrogens (tertiary/aromatic N) is 1. The van der Waals surface area contributed by atoms with E-state index in [1.54, 1.807) is 12.3 Å². The molecule has 0 aliphatic carbocycles. The second-order valence-electron chi connectivity index (χ2n) is 3.84. The maximum absolute atomic E-state index is 11.3. The minimum Gasteiger partial charge on any atom is -0.478 e. The van der Waals surface area contributed by atoms with Gasteiger partial charge >= 0.3 is 5.97 Å². The van der Waals surface area contributed by atoms with Gasteiger partial charge in [-0.15, -0.1) is 0 Å². The van der Waals surface area contributed by atoms with Crippen molar-refractivity contribution < 1.29 is 14.7 Å². The summed E-state index contributed by atoms with van der Waals surface area (Å²) >= 11 is 0. The van der Waals surface area contributed by atoms with Crippen LogP contribution >= 0.6 is 0 Å².